The number of hydrogen-bond donors (Lipinski definition) is 0. The van der Waals surface area contributed by atoms with Crippen molar-refractivity contribution in [3.8, 4) is 11.3 Å². The zero-order chi connectivity index (χ0) is 22.9. The van der Waals surface area contributed by atoms with E-state index in [1.807, 2.05) is 0 Å². The molecule has 7 rings (SSSR count). The van der Waals surface area contributed by atoms with Gasteiger partial charge in [-0.3, -0.25) is 9.59 Å². The number of hydrogen-bond acceptors (Lipinski definition) is 6. The van der Waals surface area contributed by atoms with Crippen LogP contribution in [-0.2, 0) is 14.3 Å². The summed E-state index contributed by atoms with van der Waals surface area (Å²) in [7, 11) is 0. The van der Waals surface area contributed by atoms with Gasteiger partial charge in [0, 0.05) is 5.56 Å². The first-order valence-electron chi connectivity index (χ1n) is 11.1. The lowest BCUT2D eigenvalue weighted by Crippen LogP contribution is -2.40. The number of ether oxygens (including phenoxy) is 1. The van der Waals surface area contributed by atoms with Gasteiger partial charge in [-0.15, -0.1) is 0 Å². The third kappa shape index (κ3) is 3.09. The summed E-state index contributed by atoms with van der Waals surface area (Å²) in [6.45, 7) is 1.97. The molecule has 2 saturated carbocycles. The zero-order valence-corrected chi connectivity index (χ0v) is 18.6. The van der Waals surface area contributed by atoms with E-state index in [0.717, 1.165) is 11.4 Å². The lowest BCUT2D eigenvalue weighted by Gasteiger charge is -2.37. The number of furan rings is 1. The summed E-state index contributed by atoms with van der Waals surface area (Å²) in [4.78, 5) is 38.1. The second-order valence-electron chi connectivity index (χ2n) is 9.00. The average molecular weight is 465 g/mol. The Kier molecular flexibility index (Phi) is 4.59. The van der Waals surface area contributed by atoms with Gasteiger partial charge in [-0.2, -0.15) is 10.1 Å². The van der Waals surface area contributed by atoms with Gasteiger partial charge < -0.3 is 9.15 Å². The van der Waals surface area contributed by atoms with Crippen LogP contribution in [0.5, 0.6) is 0 Å². The molecular weight excluding hydrogens is 444 g/mol. The molecule has 1 aromatic heterocycles. The van der Waals surface area contributed by atoms with Gasteiger partial charge in [-0.25, -0.2) is 4.79 Å². The molecule has 4 aliphatic carbocycles. The van der Waals surface area contributed by atoms with Crippen LogP contribution in [0.1, 0.15) is 29.5 Å². The van der Waals surface area contributed by atoms with Crippen molar-refractivity contribution in [1.82, 2.24) is 5.01 Å². The Morgan fingerprint density at radius 3 is 2.52 bits per heavy atom. The van der Waals surface area contributed by atoms with Crippen molar-refractivity contribution in [1.29, 1.82) is 0 Å². The standard InChI is InChI=1S/C25H21ClN2O5/c1-2-32-25(31)18-9-12(3-7-19(18)26)20-8-4-13(33-20)11-27-28-23(29)21-14-5-6-15(17-10-16(14)17)22(21)24(28)30/h3-9,11,14-17,21-22H,2,10H2,1H3/b27-11-/t14-,15-,16-,17+,21+,22+/m1/s1. The molecule has 2 bridgehead atoms. The van der Waals surface area contributed by atoms with Crippen molar-refractivity contribution in [3.05, 3.63) is 58.8 Å². The summed E-state index contributed by atoms with van der Waals surface area (Å²) >= 11 is 6.13. The summed E-state index contributed by atoms with van der Waals surface area (Å²) in [6.07, 6.45) is 6.77. The Bertz CT molecular complexity index is 1210. The molecule has 3 fully saturated rings. The van der Waals surface area contributed by atoms with Crippen molar-refractivity contribution in [2.45, 2.75) is 13.3 Å². The second kappa shape index (κ2) is 7.42. The Balaban J connectivity index is 1.22. The molecule has 8 heteroatoms. The molecule has 1 saturated heterocycles. The Hall–Kier alpha value is -3.19. The van der Waals surface area contributed by atoms with E-state index in [0.29, 0.717) is 33.9 Å². The van der Waals surface area contributed by atoms with Crippen molar-refractivity contribution in [3.63, 3.8) is 0 Å². The largest absolute Gasteiger partial charge is 0.462 e. The number of allylic oxidation sites excluding steroid dienone is 2. The van der Waals surface area contributed by atoms with Crippen LogP contribution in [0.3, 0.4) is 0 Å². The molecule has 0 spiro atoms. The fourth-order valence-corrected chi connectivity index (χ4v) is 5.99. The summed E-state index contributed by atoms with van der Waals surface area (Å²) in [5.74, 6) is 0.806. The van der Waals surface area contributed by atoms with Crippen molar-refractivity contribution in [2.75, 3.05) is 6.61 Å². The molecule has 2 aromatic rings. The molecule has 33 heavy (non-hydrogen) atoms. The van der Waals surface area contributed by atoms with Gasteiger partial charge in [0.15, 0.2) is 0 Å². The molecule has 1 aliphatic heterocycles. The highest BCUT2D eigenvalue weighted by molar-refractivity contribution is 6.33. The van der Waals surface area contributed by atoms with Gasteiger partial charge in [-0.1, -0.05) is 23.8 Å². The number of imide groups is 1. The second-order valence-corrected chi connectivity index (χ2v) is 9.41. The van der Waals surface area contributed by atoms with Gasteiger partial charge >= 0.3 is 5.97 Å². The van der Waals surface area contributed by atoms with Crippen LogP contribution in [-0.4, -0.2) is 35.6 Å². The number of amides is 2. The number of nitrogens with zero attached hydrogens (tertiary/aromatic N) is 2. The number of rotatable bonds is 5. The number of carbonyl (C=O) groups excluding carboxylic acids is 3. The average Bonchev–Trinajstić information content (AvgIpc) is 3.45. The molecule has 5 aliphatic rings. The van der Waals surface area contributed by atoms with Crippen LogP contribution < -0.4 is 0 Å². The monoisotopic (exact) mass is 464 g/mol. The first-order valence-corrected chi connectivity index (χ1v) is 11.5. The Morgan fingerprint density at radius 1 is 1.15 bits per heavy atom. The molecule has 7 nitrogen and oxygen atoms in total. The number of carbonyl (C=O) groups is 3. The topological polar surface area (TPSA) is 89.2 Å². The van der Waals surface area contributed by atoms with Gasteiger partial charge in [0.1, 0.15) is 11.5 Å². The lowest BCUT2D eigenvalue weighted by molar-refractivity contribution is -0.140. The number of esters is 1. The number of hydrazone groups is 1. The molecule has 2 amide bonds. The minimum atomic E-state index is -0.508. The van der Waals surface area contributed by atoms with Gasteiger partial charge in [0.25, 0.3) is 11.8 Å². The maximum atomic E-state index is 13.0. The predicted molar refractivity (Wildman–Crippen MR) is 119 cm³/mol. The van der Waals surface area contributed by atoms with Gasteiger partial charge in [0.2, 0.25) is 0 Å². The molecule has 2 heterocycles. The zero-order valence-electron chi connectivity index (χ0n) is 17.8. The van der Waals surface area contributed by atoms with Crippen molar-refractivity contribution >= 4 is 35.6 Å². The normalized spacial score (nSPS) is 31.3. The van der Waals surface area contributed by atoms with E-state index >= 15 is 0 Å². The van der Waals surface area contributed by atoms with E-state index in [2.05, 4.69) is 17.3 Å². The summed E-state index contributed by atoms with van der Waals surface area (Å²) in [5.41, 5.74) is 0.892. The maximum Gasteiger partial charge on any atom is 0.339 e. The fourth-order valence-electron chi connectivity index (χ4n) is 5.79. The maximum absolute atomic E-state index is 13.0. The Labute approximate surface area is 195 Å². The molecule has 0 unspecified atom stereocenters. The fraction of sp³-hybridized carbons (Fsp3) is 0.360. The highest BCUT2D eigenvalue weighted by Gasteiger charge is 2.67. The van der Waals surface area contributed by atoms with E-state index in [9.17, 15) is 14.4 Å². The highest BCUT2D eigenvalue weighted by Crippen LogP contribution is 2.65. The first kappa shape index (κ1) is 20.4. The van der Waals surface area contributed by atoms with Gasteiger partial charge in [-0.05, 0) is 67.3 Å². The van der Waals surface area contributed by atoms with Crippen LogP contribution in [0.25, 0.3) is 11.3 Å². The lowest BCUT2D eigenvalue weighted by atomic mass is 9.63. The number of benzene rings is 1. The highest BCUT2D eigenvalue weighted by atomic mass is 35.5. The summed E-state index contributed by atoms with van der Waals surface area (Å²) in [6, 6.07) is 8.36. The van der Waals surface area contributed by atoms with Crippen molar-refractivity contribution in [2.24, 2.45) is 40.6 Å². The van der Waals surface area contributed by atoms with Crippen LogP contribution in [0.4, 0.5) is 0 Å². The smallest absolute Gasteiger partial charge is 0.339 e. The minimum absolute atomic E-state index is 0.162. The molecular formula is C25H21ClN2O5. The first-order chi connectivity index (χ1) is 16.0. The van der Waals surface area contributed by atoms with E-state index in [-0.39, 0.29) is 47.7 Å². The van der Waals surface area contributed by atoms with E-state index in [1.165, 1.54) is 6.21 Å². The van der Waals surface area contributed by atoms with E-state index < -0.39 is 5.97 Å². The van der Waals surface area contributed by atoms with Crippen LogP contribution >= 0.6 is 11.6 Å². The molecule has 6 atom stereocenters. The van der Waals surface area contributed by atoms with Gasteiger partial charge in [0.05, 0.1) is 35.2 Å². The molecule has 168 valence electrons. The summed E-state index contributed by atoms with van der Waals surface area (Å²) < 4.78 is 10.9. The molecule has 1 aromatic carbocycles. The minimum Gasteiger partial charge on any atom is -0.462 e. The third-order valence-electron chi connectivity index (χ3n) is 7.31. The van der Waals surface area contributed by atoms with Crippen LogP contribution in [0.2, 0.25) is 5.02 Å². The van der Waals surface area contributed by atoms with Crippen LogP contribution in [0.15, 0.2) is 52.0 Å². The van der Waals surface area contributed by atoms with Crippen molar-refractivity contribution < 1.29 is 23.5 Å². The SMILES string of the molecule is CCOC(=O)c1cc(-c2ccc(/C=N\N3C(=O)[C@H]4[C@@H]5C=C[C@H]([C@@H]6C[C@H]56)[C@@H]4C3=O)o2)ccc1Cl. The number of halogens is 1. The third-order valence-corrected chi connectivity index (χ3v) is 7.64. The van der Waals surface area contributed by atoms with E-state index in [4.69, 9.17) is 20.8 Å². The predicted octanol–water partition coefficient (Wildman–Crippen LogP) is 4.16. The Morgan fingerprint density at radius 2 is 1.85 bits per heavy atom. The van der Waals surface area contributed by atoms with E-state index in [1.54, 1.807) is 37.3 Å². The quantitative estimate of drug-likeness (QED) is 0.287. The summed E-state index contributed by atoms with van der Waals surface area (Å²) in [5, 5.41) is 5.52. The molecule has 0 radical (unpaired) electrons. The van der Waals surface area contributed by atoms with Crippen LogP contribution in [0, 0.1) is 35.5 Å². The molecule has 0 N–H and O–H groups in total.